The molecule has 3 atom stereocenters. The van der Waals surface area contributed by atoms with E-state index in [9.17, 15) is 9.90 Å². The van der Waals surface area contributed by atoms with Gasteiger partial charge in [-0.1, -0.05) is 54.6 Å². The lowest BCUT2D eigenvalue weighted by Gasteiger charge is -2.41. The number of anilines is 1. The molecule has 3 heterocycles. The highest BCUT2D eigenvalue weighted by molar-refractivity contribution is 6.08. The Labute approximate surface area is 216 Å². The molecule has 0 spiro atoms. The summed E-state index contributed by atoms with van der Waals surface area (Å²) in [6, 6.07) is 20.9. The van der Waals surface area contributed by atoms with Crippen LogP contribution in [0.25, 0.3) is 10.8 Å². The van der Waals surface area contributed by atoms with Crippen LogP contribution >= 0.6 is 0 Å². The standard InChI is InChI=1S/C30H31N5O2/c1-30(17-25-31-18-33(2)32-25)23-11-3-4-12-24(23)35(29(30)37)20-13-15-34(16-14-20)27-21-9-5-7-19-8-6-10-22(26(19)21)28(27)36/h3-12,18,20,27-28,36H,13-17H2,1-2H3. The van der Waals surface area contributed by atoms with Gasteiger partial charge in [0.05, 0.1) is 17.6 Å². The van der Waals surface area contributed by atoms with Crippen molar-refractivity contribution in [1.82, 2.24) is 19.7 Å². The lowest BCUT2D eigenvalue weighted by molar-refractivity contribution is -0.123. The molecule has 0 bridgehead atoms. The number of benzene rings is 3. The first-order valence-corrected chi connectivity index (χ1v) is 13.2. The number of aromatic nitrogens is 3. The zero-order chi connectivity index (χ0) is 25.3. The van der Waals surface area contributed by atoms with Gasteiger partial charge >= 0.3 is 0 Å². The number of aliphatic hydroxyl groups is 1. The van der Waals surface area contributed by atoms with Gasteiger partial charge in [-0.15, -0.1) is 0 Å². The highest BCUT2D eigenvalue weighted by atomic mass is 16.3. The fraction of sp³-hybridized carbons (Fsp3) is 0.367. The molecule has 2 aliphatic heterocycles. The van der Waals surface area contributed by atoms with Crippen molar-refractivity contribution in [3.05, 3.63) is 89.5 Å². The molecule has 3 unspecified atom stereocenters. The largest absolute Gasteiger partial charge is 0.386 e. The molecule has 1 N–H and O–H groups in total. The molecule has 1 aliphatic carbocycles. The number of aryl methyl sites for hydroxylation is 1. The minimum atomic E-state index is -0.686. The topological polar surface area (TPSA) is 74.5 Å². The number of aliphatic hydroxyl groups excluding tert-OH is 1. The SMILES string of the molecule is Cn1cnc(CC2(C)C(=O)N(C3CCN(C4c5cccc6cccc(c56)C4O)CC3)c3ccccc32)n1. The number of para-hydroxylation sites is 1. The third-order valence-electron chi connectivity index (χ3n) is 8.77. The molecule has 1 saturated heterocycles. The Bertz CT molecular complexity index is 1520. The van der Waals surface area contributed by atoms with E-state index in [2.05, 4.69) is 62.3 Å². The third-order valence-corrected chi connectivity index (χ3v) is 8.77. The molecule has 3 aromatic carbocycles. The van der Waals surface area contributed by atoms with Crippen LogP contribution in [0.2, 0.25) is 0 Å². The van der Waals surface area contributed by atoms with Crippen LogP contribution < -0.4 is 4.90 Å². The highest BCUT2D eigenvalue weighted by Crippen LogP contribution is 2.49. The molecule has 188 valence electrons. The Balaban J connectivity index is 1.14. The van der Waals surface area contributed by atoms with Gasteiger partial charge in [0.15, 0.2) is 5.82 Å². The second-order valence-corrected chi connectivity index (χ2v) is 11.0. The lowest BCUT2D eigenvalue weighted by Crippen LogP contribution is -2.50. The molecule has 7 nitrogen and oxygen atoms in total. The van der Waals surface area contributed by atoms with Crippen molar-refractivity contribution in [2.75, 3.05) is 18.0 Å². The number of carbonyl (C=O) groups excluding carboxylic acids is 1. The Kier molecular flexibility index (Phi) is 5.03. The number of hydrogen-bond donors (Lipinski definition) is 1. The predicted octanol–water partition coefficient (Wildman–Crippen LogP) is 4.07. The minimum absolute atomic E-state index is 0.0379. The normalized spacial score (nSPS) is 25.8. The summed E-state index contributed by atoms with van der Waals surface area (Å²) in [4.78, 5) is 23.0. The summed E-state index contributed by atoms with van der Waals surface area (Å²) in [5.74, 6) is 0.825. The second-order valence-electron chi connectivity index (χ2n) is 11.0. The molecule has 1 fully saturated rings. The van der Waals surface area contributed by atoms with Gasteiger partial charge in [-0.2, -0.15) is 5.10 Å². The number of rotatable bonds is 4. The van der Waals surface area contributed by atoms with Crippen molar-refractivity contribution < 1.29 is 9.90 Å². The van der Waals surface area contributed by atoms with Crippen LogP contribution in [-0.2, 0) is 23.7 Å². The molecular weight excluding hydrogens is 462 g/mol. The molecule has 0 radical (unpaired) electrons. The van der Waals surface area contributed by atoms with Crippen LogP contribution in [0.15, 0.2) is 67.0 Å². The maximum atomic E-state index is 14.1. The molecule has 4 aromatic rings. The first kappa shape index (κ1) is 22.6. The minimum Gasteiger partial charge on any atom is -0.386 e. The van der Waals surface area contributed by atoms with E-state index in [1.165, 1.54) is 16.3 Å². The summed E-state index contributed by atoms with van der Waals surface area (Å²) in [6.45, 7) is 3.70. The Morgan fingerprint density at radius 3 is 2.46 bits per heavy atom. The van der Waals surface area contributed by atoms with Gasteiger partial charge in [-0.25, -0.2) is 4.98 Å². The number of carbonyl (C=O) groups is 1. The van der Waals surface area contributed by atoms with Crippen LogP contribution in [0.4, 0.5) is 5.69 Å². The van der Waals surface area contributed by atoms with E-state index < -0.39 is 11.5 Å². The molecule has 1 aromatic heterocycles. The molecular formula is C30H31N5O2. The number of fused-ring (bicyclic) bond motifs is 1. The fourth-order valence-electron chi connectivity index (χ4n) is 7.01. The van der Waals surface area contributed by atoms with Crippen LogP contribution in [0.5, 0.6) is 0 Å². The summed E-state index contributed by atoms with van der Waals surface area (Å²) < 4.78 is 1.69. The van der Waals surface area contributed by atoms with E-state index in [1.807, 2.05) is 32.2 Å². The first-order valence-electron chi connectivity index (χ1n) is 13.2. The van der Waals surface area contributed by atoms with Crippen molar-refractivity contribution in [3.63, 3.8) is 0 Å². The lowest BCUT2D eigenvalue weighted by atomic mass is 9.80. The average Bonchev–Trinajstić information content (AvgIpc) is 3.52. The molecule has 7 heteroatoms. The van der Waals surface area contributed by atoms with E-state index in [4.69, 9.17) is 0 Å². The van der Waals surface area contributed by atoms with E-state index in [0.717, 1.165) is 42.7 Å². The average molecular weight is 494 g/mol. The van der Waals surface area contributed by atoms with Crippen LogP contribution in [0.3, 0.4) is 0 Å². The Morgan fingerprint density at radius 1 is 1.00 bits per heavy atom. The van der Waals surface area contributed by atoms with Gasteiger partial charge in [-0.05, 0) is 53.3 Å². The summed E-state index contributed by atoms with van der Waals surface area (Å²) >= 11 is 0. The third kappa shape index (κ3) is 3.30. The highest BCUT2D eigenvalue weighted by Gasteiger charge is 2.50. The zero-order valence-corrected chi connectivity index (χ0v) is 21.2. The second kappa shape index (κ2) is 8.23. The molecule has 3 aliphatic rings. The summed E-state index contributed by atoms with van der Waals surface area (Å²) in [6.07, 6.45) is 3.38. The number of amides is 1. The van der Waals surface area contributed by atoms with Crippen molar-refractivity contribution in [2.45, 2.75) is 49.8 Å². The molecule has 1 amide bonds. The van der Waals surface area contributed by atoms with E-state index >= 15 is 0 Å². The van der Waals surface area contributed by atoms with Gasteiger partial charge in [0.2, 0.25) is 5.91 Å². The van der Waals surface area contributed by atoms with Crippen LogP contribution in [-0.4, -0.2) is 49.8 Å². The summed E-state index contributed by atoms with van der Waals surface area (Å²) in [7, 11) is 1.85. The Morgan fingerprint density at radius 2 is 1.73 bits per heavy atom. The molecule has 0 saturated carbocycles. The fourth-order valence-corrected chi connectivity index (χ4v) is 7.01. The predicted molar refractivity (Wildman–Crippen MR) is 142 cm³/mol. The van der Waals surface area contributed by atoms with Crippen molar-refractivity contribution >= 4 is 22.4 Å². The van der Waals surface area contributed by atoms with Crippen molar-refractivity contribution in [3.8, 4) is 0 Å². The zero-order valence-electron chi connectivity index (χ0n) is 21.2. The maximum absolute atomic E-state index is 14.1. The van der Waals surface area contributed by atoms with E-state index in [0.29, 0.717) is 12.2 Å². The van der Waals surface area contributed by atoms with Gasteiger partial charge in [-0.3, -0.25) is 14.4 Å². The van der Waals surface area contributed by atoms with Gasteiger partial charge in [0.25, 0.3) is 0 Å². The van der Waals surface area contributed by atoms with Crippen molar-refractivity contribution in [1.29, 1.82) is 0 Å². The number of likely N-dealkylation sites (tertiary alicyclic amines) is 1. The van der Waals surface area contributed by atoms with Gasteiger partial charge in [0.1, 0.15) is 6.33 Å². The summed E-state index contributed by atoms with van der Waals surface area (Å²) in [5, 5.41) is 18.2. The van der Waals surface area contributed by atoms with Gasteiger partial charge in [0, 0.05) is 38.3 Å². The number of piperidine rings is 1. The van der Waals surface area contributed by atoms with Crippen LogP contribution in [0.1, 0.15) is 54.4 Å². The maximum Gasteiger partial charge on any atom is 0.238 e. The van der Waals surface area contributed by atoms with Crippen molar-refractivity contribution in [2.24, 2.45) is 7.05 Å². The van der Waals surface area contributed by atoms with E-state index in [1.54, 1.807) is 11.0 Å². The van der Waals surface area contributed by atoms with Gasteiger partial charge < -0.3 is 10.0 Å². The smallest absolute Gasteiger partial charge is 0.238 e. The monoisotopic (exact) mass is 493 g/mol. The first-order chi connectivity index (χ1) is 18.0. The number of hydrogen-bond acceptors (Lipinski definition) is 5. The summed E-state index contributed by atoms with van der Waals surface area (Å²) in [5.41, 5.74) is 3.64. The number of nitrogens with zero attached hydrogens (tertiary/aromatic N) is 5. The molecule has 37 heavy (non-hydrogen) atoms. The Hall–Kier alpha value is -3.55. The van der Waals surface area contributed by atoms with E-state index in [-0.39, 0.29) is 18.0 Å². The van der Waals surface area contributed by atoms with Crippen LogP contribution in [0, 0.1) is 0 Å². The quantitative estimate of drug-likeness (QED) is 0.464. The molecule has 7 rings (SSSR count).